The van der Waals surface area contributed by atoms with Crippen LogP contribution in [0.2, 0.25) is 0 Å². The molecular formula is C15H23N3O2S. The van der Waals surface area contributed by atoms with E-state index in [1.165, 1.54) is 19.0 Å². The summed E-state index contributed by atoms with van der Waals surface area (Å²) in [5.74, 6) is 1.27. The van der Waals surface area contributed by atoms with Gasteiger partial charge in [0.2, 0.25) is 10.0 Å². The first kappa shape index (κ1) is 14.8. The Morgan fingerprint density at radius 3 is 2.81 bits per heavy atom. The second-order valence-electron chi connectivity index (χ2n) is 5.93. The summed E-state index contributed by atoms with van der Waals surface area (Å²) < 4.78 is 27.5. The van der Waals surface area contributed by atoms with Crippen molar-refractivity contribution in [1.29, 1.82) is 0 Å². The van der Waals surface area contributed by atoms with Gasteiger partial charge in [-0.1, -0.05) is 6.42 Å². The fourth-order valence-electron chi connectivity index (χ4n) is 3.66. The van der Waals surface area contributed by atoms with E-state index in [2.05, 4.69) is 10.3 Å². The summed E-state index contributed by atoms with van der Waals surface area (Å²) in [5.41, 5.74) is 0. The second-order valence-corrected chi connectivity index (χ2v) is 7.82. The average Bonchev–Trinajstić information content (AvgIpc) is 2.96. The number of hydrogen-bond donors (Lipinski definition) is 1. The highest BCUT2D eigenvalue weighted by molar-refractivity contribution is 7.89. The SMILES string of the molecule is CCNc1ccc(S(=O)(=O)N2CCCC3CCCC32)cn1. The van der Waals surface area contributed by atoms with Crippen molar-refractivity contribution in [2.75, 3.05) is 18.4 Å². The van der Waals surface area contributed by atoms with Gasteiger partial charge in [-0.2, -0.15) is 4.31 Å². The predicted molar refractivity (Wildman–Crippen MR) is 82.7 cm³/mol. The van der Waals surface area contributed by atoms with Crippen LogP contribution in [-0.4, -0.2) is 36.8 Å². The molecule has 21 heavy (non-hydrogen) atoms. The number of aromatic nitrogens is 1. The lowest BCUT2D eigenvalue weighted by Crippen LogP contribution is -2.46. The smallest absolute Gasteiger partial charge is 0.244 e. The van der Waals surface area contributed by atoms with E-state index in [4.69, 9.17) is 0 Å². The molecule has 1 aromatic heterocycles. The molecule has 116 valence electrons. The Bertz CT molecular complexity index is 585. The van der Waals surface area contributed by atoms with E-state index >= 15 is 0 Å². The number of hydrogen-bond acceptors (Lipinski definition) is 4. The topological polar surface area (TPSA) is 62.3 Å². The van der Waals surface area contributed by atoms with Crippen molar-refractivity contribution in [3.63, 3.8) is 0 Å². The molecule has 2 heterocycles. The van der Waals surface area contributed by atoms with E-state index in [0.717, 1.165) is 25.8 Å². The molecule has 0 radical (unpaired) electrons. The zero-order chi connectivity index (χ0) is 14.9. The van der Waals surface area contributed by atoms with E-state index < -0.39 is 10.0 Å². The maximum Gasteiger partial charge on any atom is 0.244 e. The predicted octanol–water partition coefficient (Wildman–Crippen LogP) is 2.47. The van der Waals surface area contributed by atoms with E-state index in [9.17, 15) is 8.42 Å². The molecule has 1 N–H and O–H groups in total. The third-order valence-electron chi connectivity index (χ3n) is 4.64. The highest BCUT2D eigenvalue weighted by Crippen LogP contribution is 2.39. The van der Waals surface area contributed by atoms with Crippen LogP contribution in [0.5, 0.6) is 0 Å². The number of pyridine rings is 1. The normalized spacial score (nSPS) is 26.5. The number of piperidine rings is 1. The molecule has 1 aliphatic heterocycles. The summed E-state index contributed by atoms with van der Waals surface area (Å²) in [7, 11) is -3.40. The van der Waals surface area contributed by atoms with Crippen LogP contribution in [0.4, 0.5) is 5.82 Å². The minimum absolute atomic E-state index is 0.206. The maximum atomic E-state index is 12.9. The number of fused-ring (bicyclic) bond motifs is 1. The van der Waals surface area contributed by atoms with Gasteiger partial charge in [0.1, 0.15) is 10.7 Å². The van der Waals surface area contributed by atoms with Crippen LogP contribution < -0.4 is 5.32 Å². The molecule has 2 unspecified atom stereocenters. The Kier molecular flexibility index (Phi) is 4.17. The van der Waals surface area contributed by atoms with Crippen LogP contribution in [-0.2, 0) is 10.0 Å². The molecule has 0 aromatic carbocycles. The van der Waals surface area contributed by atoms with Crippen molar-refractivity contribution in [3.8, 4) is 0 Å². The lowest BCUT2D eigenvalue weighted by molar-refractivity contribution is 0.202. The van der Waals surface area contributed by atoms with Crippen molar-refractivity contribution in [1.82, 2.24) is 9.29 Å². The number of nitrogens with one attached hydrogen (secondary N) is 1. The Labute approximate surface area is 126 Å². The molecule has 5 nitrogen and oxygen atoms in total. The maximum absolute atomic E-state index is 12.9. The summed E-state index contributed by atoms with van der Waals surface area (Å²) in [6.07, 6.45) is 6.96. The van der Waals surface area contributed by atoms with Crippen molar-refractivity contribution in [2.24, 2.45) is 5.92 Å². The third kappa shape index (κ3) is 2.79. The zero-order valence-electron chi connectivity index (χ0n) is 12.5. The Hall–Kier alpha value is -1.14. The van der Waals surface area contributed by atoms with Crippen LogP contribution >= 0.6 is 0 Å². The molecule has 1 aromatic rings. The van der Waals surface area contributed by atoms with Crippen LogP contribution in [0.3, 0.4) is 0 Å². The Morgan fingerprint density at radius 1 is 1.29 bits per heavy atom. The third-order valence-corrected chi connectivity index (χ3v) is 6.55. The number of nitrogens with zero attached hydrogens (tertiary/aromatic N) is 2. The van der Waals surface area contributed by atoms with E-state index in [0.29, 0.717) is 23.2 Å². The molecule has 1 aliphatic carbocycles. The summed E-state index contributed by atoms with van der Waals surface area (Å²) in [6, 6.07) is 3.61. The van der Waals surface area contributed by atoms with Gasteiger partial charge in [-0.3, -0.25) is 0 Å². The largest absolute Gasteiger partial charge is 0.370 e. The standard InChI is InChI=1S/C15H23N3O2S/c1-2-16-15-9-8-13(11-17-15)21(19,20)18-10-4-6-12-5-3-7-14(12)18/h8-9,11-12,14H,2-7,10H2,1H3,(H,16,17). The molecule has 0 amide bonds. The van der Waals surface area contributed by atoms with Gasteiger partial charge in [-0.05, 0) is 50.7 Å². The molecule has 1 saturated carbocycles. The van der Waals surface area contributed by atoms with Crippen LogP contribution in [0, 0.1) is 5.92 Å². The Balaban J connectivity index is 1.85. The van der Waals surface area contributed by atoms with Gasteiger partial charge < -0.3 is 5.32 Å². The average molecular weight is 309 g/mol. The molecule has 1 saturated heterocycles. The molecule has 6 heteroatoms. The first-order valence-corrected chi connectivity index (χ1v) is 9.28. The minimum Gasteiger partial charge on any atom is -0.370 e. The molecule has 0 bridgehead atoms. The first-order valence-electron chi connectivity index (χ1n) is 7.84. The van der Waals surface area contributed by atoms with Crippen LogP contribution in [0.1, 0.15) is 39.0 Å². The zero-order valence-corrected chi connectivity index (χ0v) is 13.3. The Morgan fingerprint density at radius 2 is 2.10 bits per heavy atom. The summed E-state index contributed by atoms with van der Waals surface area (Å²) in [4.78, 5) is 4.51. The van der Waals surface area contributed by atoms with Gasteiger partial charge >= 0.3 is 0 Å². The van der Waals surface area contributed by atoms with Crippen molar-refractivity contribution in [2.45, 2.75) is 50.0 Å². The van der Waals surface area contributed by atoms with Crippen molar-refractivity contribution < 1.29 is 8.42 Å². The highest BCUT2D eigenvalue weighted by Gasteiger charge is 2.41. The van der Waals surface area contributed by atoms with Gasteiger partial charge in [-0.25, -0.2) is 13.4 Å². The molecule has 2 aliphatic rings. The lowest BCUT2D eigenvalue weighted by Gasteiger charge is -2.36. The van der Waals surface area contributed by atoms with Crippen molar-refractivity contribution >= 4 is 15.8 Å². The first-order chi connectivity index (χ1) is 10.1. The van der Waals surface area contributed by atoms with Crippen molar-refractivity contribution in [3.05, 3.63) is 18.3 Å². The summed E-state index contributed by atoms with van der Waals surface area (Å²) >= 11 is 0. The molecule has 2 fully saturated rings. The summed E-state index contributed by atoms with van der Waals surface area (Å²) in [5, 5.41) is 3.08. The van der Waals surface area contributed by atoms with E-state index in [-0.39, 0.29) is 6.04 Å². The molecular weight excluding hydrogens is 286 g/mol. The van der Waals surface area contributed by atoms with Crippen LogP contribution in [0.25, 0.3) is 0 Å². The van der Waals surface area contributed by atoms with Gasteiger partial charge in [0.05, 0.1) is 0 Å². The number of anilines is 1. The van der Waals surface area contributed by atoms with Gasteiger partial charge in [0.25, 0.3) is 0 Å². The van der Waals surface area contributed by atoms with Gasteiger partial charge in [0.15, 0.2) is 0 Å². The molecule has 3 rings (SSSR count). The number of sulfonamides is 1. The molecule has 2 atom stereocenters. The minimum atomic E-state index is -3.40. The van der Waals surface area contributed by atoms with E-state index in [1.807, 2.05) is 6.92 Å². The molecule has 0 spiro atoms. The monoisotopic (exact) mass is 309 g/mol. The highest BCUT2D eigenvalue weighted by atomic mass is 32.2. The van der Waals surface area contributed by atoms with Gasteiger partial charge in [0, 0.05) is 25.3 Å². The van der Waals surface area contributed by atoms with E-state index in [1.54, 1.807) is 16.4 Å². The fraction of sp³-hybridized carbons (Fsp3) is 0.667. The van der Waals surface area contributed by atoms with Gasteiger partial charge in [-0.15, -0.1) is 0 Å². The quantitative estimate of drug-likeness (QED) is 0.928. The lowest BCUT2D eigenvalue weighted by atomic mass is 9.94. The fourth-order valence-corrected chi connectivity index (χ4v) is 5.36. The second kappa shape index (κ2) is 5.93. The summed E-state index contributed by atoms with van der Waals surface area (Å²) in [6.45, 7) is 3.41. The van der Waals surface area contributed by atoms with Crippen LogP contribution in [0.15, 0.2) is 23.2 Å². The number of rotatable bonds is 4.